The van der Waals surface area contributed by atoms with E-state index in [1.165, 1.54) is 0 Å². The average molecular weight is 226 g/mol. The van der Waals surface area contributed by atoms with Crippen LogP contribution in [0, 0.1) is 13.8 Å². The first-order chi connectivity index (χ1) is 7.67. The largest absolute Gasteiger partial charge is 0.444 e. The van der Waals surface area contributed by atoms with Crippen molar-refractivity contribution in [1.82, 2.24) is 9.88 Å². The standard InChI is InChI=1S/C12H22N2O2/c1-4-5-6-14(7-8-15)9-12-13-10(2)11(3)16-12/h15H,4-9H2,1-3H3. The molecule has 92 valence electrons. The Morgan fingerprint density at radius 1 is 1.31 bits per heavy atom. The molecule has 0 aliphatic heterocycles. The van der Waals surface area contributed by atoms with Crippen molar-refractivity contribution in [3.8, 4) is 0 Å². The quantitative estimate of drug-likeness (QED) is 0.771. The van der Waals surface area contributed by atoms with E-state index >= 15 is 0 Å². The third-order valence-electron chi connectivity index (χ3n) is 2.68. The van der Waals surface area contributed by atoms with Crippen LogP contribution in [0.4, 0.5) is 0 Å². The fraction of sp³-hybridized carbons (Fsp3) is 0.750. The number of aromatic nitrogens is 1. The summed E-state index contributed by atoms with van der Waals surface area (Å²) in [5, 5.41) is 8.98. The van der Waals surface area contributed by atoms with Crippen LogP contribution in [-0.2, 0) is 6.54 Å². The SMILES string of the molecule is CCCCN(CCO)Cc1nc(C)c(C)o1. The summed E-state index contributed by atoms with van der Waals surface area (Å²) in [7, 11) is 0. The van der Waals surface area contributed by atoms with Gasteiger partial charge in [0.15, 0.2) is 0 Å². The van der Waals surface area contributed by atoms with Crippen molar-refractivity contribution in [2.24, 2.45) is 0 Å². The van der Waals surface area contributed by atoms with Crippen molar-refractivity contribution in [2.75, 3.05) is 19.7 Å². The summed E-state index contributed by atoms with van der Waals surface area (Å²) < 4.78 is 5.54. The molecule has 4 nitrogen and oxygen atoms in total. The summed E-state index contributed by atoms with van der Waals surface area (Å²) in [5.74, 6) is 1.63. The molecule has 4 heteroatoms. The zero-order valence-electron chi connectivity index (χ0n) is 10.5. The molecule has 0 aliphatic rings. The van der Waals surface area contributed by atoms with E-state index in [-0.39, 0.29) is 6.61 Å². The van der Waals surface area contributed by atoms with Gasteiger partial charge in [-0.25, -0.2) is 4.98 Å². The van der Waals surface area contributed by atoms with Gasteiger partial charge in [-0.15, -0.1) is 0 Å². The second-order valence-electron chi connectivity index (χ2n) is 4.10. The van der Waals surface area contributed by atoms with Crippen LogP contribution < -0.4 is 0 Å². The highest BCUT2D eigenvalue weighted by molar-refractivity contribution is 5.05. The summed E-state index contributed by atoms with van der Waals surface area (Å²) in [4.78, 5) is 6.53. The number of nitrogens with zero attached hydrogens (tertiary/aromatic N) is 2. The van der Waals surface area contributed by atoms with Crippen molar-refractivity contribution in [3.63, 3.8) is 0 Å². The molecule has 0 amide bonds. The van der Waals surface area contributed by atoms with Gasteiger partial charge in [-0.1, -0.05) is 13.3 Å². The summed E-state index contributed by atoms with van der Waals surface area (Å²) in [5.41, 5.74) is 0.953. The number of hydrogen-bond donors (Lipinski definition) is 1. The minimum atomic E-state index is 0.183. The Balaban J connectivity index is 2.52. The van der Waals surface area contributed by atoms with E-state index in [1.807, 2.05) is 13.8 Å². The third kappa shape index (κ3) is 3.94. The van der Waals surface area contributed by atoms with Gasteiger partial charge in [0.1, 0.15) is 5.76 Å². The van der Waals surface area contributed by atoms with Gasteiger partial charge in [-0.05, 0) is 26.8 Å². The highest BCUT2D eigenvalue weighted by Crippen LogP contribution is 2.10. The molecule has 1 aromatic rings. The number of oxazole rings is 1. The van der Waals surface area contributed by atoms with Crippen LogP contribution >= 0.6 is 0 Å². The molecule has 0 atom stereocenters. The lowest BCUT2D eigenvalue weighted by Gasteiger charge is -2.18. The van der Waals surface area contributed by atoms with Crippen molar-refractivity contribution >= 4 is 0 Å². The monoisotopic (exact) mass is 226 g/mol. The third-order valence-corrected chi connectivity index (χ3v) is 2.68. The Kier molecular flexibility index (Phi) is 5.49. The first kappa shape index (κ1) is 13.2. The Morgan fingerprint density at radius 2 is 2.06 bits per heavy atom. The minimum absolute atomic E-state index is 0.183. The molecule has 0 spiro atoms. The second-order valence-corrected chi connectivity index (χ2v) is 4.10. The first-order valence-electron chi connectivity index (χ1n) is 5.93. The molecule has 0 saturated heterocycles. The van der Waals surface area contributed by atoms with E-state index < -0.39 is 0 Å². The number of aryl methyl sites for hydroxylation is 2. The summed E-state index contributed by atoms with van der Waals surface area (Å²) >= 11 is 0. The van der Waals surface area contributed by atoms with Gasteiger partial charge in [0.2, 0.25) is 5.89 Å². The molecule has 0 aliphatic carbocycles. The Labute approximate surface area is 97.3 Å². The van der Waals surface area contributed by atoms with Crippen molar-refractivity contribution in [1.29, 1.82) is 0 Å². The lowest BCUT2D eigenvalue weighted by molar-refractivity contribution is 0.176. The van der Waals surface area contributed by atoms with Gasteiger partial charge < -0.3 is 9.52 Å². The first-order valence-corrected chi connectivity index (χ1v) is 5.93. The molecule has 0 radical (unpaired) electrons. The van der Waals surface area contributed by atoms with Gasteiger partial charge >= 0.3 is 0 Å². The minimum Gasteiger partial charge on any atom is -0.444 e. The Morgan fingerprint density at radius 3 is 2.56 bits per heavy atom. The molecule has 0 fully saturated rings. The molecule has 0 aromatic carbocycles. The molecule has 0 bridgehead atoms. The lowest BCUT2D eigenvalue weighted by atomic mass is 10.3. The van der Waals surface area contributed by atoms with Crippen LogP contribution in [-0.4, -0.2) is 34.7 Å². The normalized spacial score (nSPS) is 11.3. The van der Waals surface area contributed by atoms with E-state index in [0.717, 1.165) is 36.7 Å². The number of aliphatic hydroxyl groups is 1. The number of hydrogen-bond acceptors (Lipinski definition) is 4. The maximum absolute atomic E-state index is 8.98. The van der Waals surface area contributed by atoms with Crippen LogP contribution in [0.15, 0.2) is 4.42 Å². The van der Waals surface area contributed by atoms with E-state index in [4.69, 9.17) is 9.52 Å². The number of unbranched alkanes of at least 4 members (excludes halogenated alkanes) is 1. The maximum atomic E-state index is 8.98. The smallest absolute Gasteiger partial charge is 0.208 e. The topological polar surface area (TPSA) is 49.5 Å². The summed E-state index contributed by atoms with van der Waals surface area (Å²) in [6.07, 6.45) is 2.30. The highest BCUT2D eigenvalue weighted by atomic mass is 16.4. The molecule has 1 rings (SSSR count). The fourth-order valence-corrected chi connectivity index (χ4v) is 1.59. The van der Waals surface area contributed by atoms with E-state index in [9.17, 15) is 0 Å². The fourth-order valence-electron chi connectivity index (χ4n) is 1.59. The number of rotatable bonds is 7. The second kappa shape index (κ2) is 6.66. The molecule has 1 N–H and O–H groups in total. The Bertz CT molecular complexity index is 290. The van der Waals surface area contributed by atoms with Gasteiger partial charge in [-0.2, -0.15) is 0 Å². The zero-order chi connectivity index (χ0) is 12.0. The molecule has 0 unspecified atom stereocenters. The highest BCUT2D eigenvalue weighted by Gasteiger charge is 2.10. The summed E-state index contributed by atoms with van der Waals surface area (Å²) in [6.45, 7) is 8.57. The molecular weight excluding hydrogens is 204 g/mol. The van der Waals surface area contributed by atoms with Crippen LogP contribution in [0.1, 0.15) is 37.1 Å². The van der Waals surface area contributed by atoms with E-state index in [1.54, 1.807) is 0 Å². The molecule has 1 aromatic heterocycles. The van der Waals surface area contributed by atoms with Crippen LogP contribution in [0.2, 0.25) is 0 Å². The van der Waals surface area contributed by atoms with Gasteiger partial charge in [0.05, 0.1) is 18.8 Å². The van der Waals surface area contributed by atoms with Crippen molar-refractivity contribution in [3.05, 3.63) is 17.3 Å². The maximum Gasteiger partial charge on any atom is 0.208 e. The van der Waals surface area contributed by atoms with Crippen LogP contribution in [0.25, 0.3) is 0 Å². The van der Waals surface area contributed by atoms with E-state index in [2.05, 4.69) is 16.8 Å². The predicted octanol–water partition coefficient (Wildman–Crippen LogP) is 1.89. The predicted molar refractivity (Wildman–Crippen MR) is 63.2 cm³/mol. The number of aliphatic hydroxyl groups excluding tert-OH is 1. The van der Waals surface area contributed by atoms with Crippen LogP contribution in [0.5, 0.6) is 0 Å². The summed E-state index contributed by atoms with van der Waals surface area (Å²) in [6, 6.07) is 0. The average Bonchev–Trinajstić information content (AvgIpc) is 2.55. The van der Waals surface area contributed by atoms with Crippen molar-refractivity contribution in [2.45, 2.75) is 40.2 Å². The van der Waals surface area contributed by atoms with Crippen molar-refractivity contribution < 1.29 is 9.52 Å². The molecular formula is C12H22N2O2. The van der Waals surface area contributed by atoms with Crippen LogP contribution in [0.3, 0.4) is 0 Å². The Hall–Kier alpha value is -0.870. The van der Waals surface area contributed by atoms with Gasteiger partial charge in [-0.3, -0.25) is 4.90 Å². The van der Waals surface area contributed by atoms with Gasteiger partial charge in [0, 0.05) is 6.54 Å². The molecule has 16 heavy (non-hydrogen) atoms. The molecule has 1 heterocycles. The lowest BCUT2D eigenvalue weighted by Crippen LogP contribution is -2.27. The van der Waals surface area contributed by atoms with E-state index in [0.29, 0.717) is 13.1 Å². The molecule has 0 saturated carbocycles. The van der Waals surface area contributed by atoms with Gasteiger partial charge in [0.25, 0.3) is 0 Å². The zero-order valence-corrected chi connectivity index (χ0v) is 10.5.